The van der Waals surface area contributed by atoms with Crippen LogP contribution in [0.4, 0.5) is 0 Å². The van der Waals surface area contributed by atoms with Crippen molar-refractivity contribution in [1.29, 1.82) is 0 Å². The second-order valence-electron chi connectivity index (χ2n) is 6.39. The molecule has 1 atom stereocenters. The van der Waals surface area contributed by atoms with Gasteiger partial charge >= 0.3 is 0 Å². The molecule has 124 valence electrons. The number of nitrogens with zero attached hydrogens (tertiary/aromatic N) is 3. The third kappa shape index (κ3) is 2.98. The van der Waals surface area contributed by atoms with Gasteiger partial charge in [0.2, 0.25) is 0 Å². The Morgan fingerprint density at radius 3 is 2.91 bits per heavy atom. The average Bonchev–Trinajstić information content (AvgIpc) is 2.93. The highest BCUT2D eigenvalue weighted by atomic mass is 16.1. The highest BCUT2D eigenvalue weighted by molar-refractivity contribution is 6.04. The number of aromatic nitrogens is 2. The molecule has 1 unspecified atom stereocenters. The lowest BCUT2D eigenvalue weighted by Gasteiger charge is -2.32. The lowest BCUT2D eigenvalue weighted by atomic mass is 9.97. The average molecular weight is 314 g/mol. The van der Waals surface area contributed by atoms with Crippen molar-refractivity contribution in [2.75, 3.05) is 19.6 Å². The summed E-state index contributed by atoms with van der Waals surface area (Å²) in [7, 11) is 0. The van der Waals surface area contributed by atoms with Crippen LogP contribution in [0.5, 0.6) is 0 Å². The smallest absolute Gasteiger partial charge is 0.250 e. The van der Waals surface area contributed by atoms with Crippen LogP contribution in [-0.4, -0.2) is 40.0 Å². The number of imidazole rings is 1. The molecule has 1 aliphatic heterocycles. The molecule has 1 aromatic carbocycles. The number of aryl methyl sites for hydroxylation is 1. The Balaban J connectivity index is 2.03. The van der Waals surface area contributed by atoms with E-state index in [2.05, 4.69) is 23.3 Å². The Kier molecular flexibility index (Phi) is 4.66. The molecule has 0 saturated carbocycles. The SMILES string of the molecule is CCCN1CCCC(c2nc3c(C(N)=O)cccc3n2CC)C1. The monoisotopic (exact) mass is 314 g/mol. The maximum Gasteiger partial charge on any atom is 0.250 e. The van der Waals surface area contributed by atoms with Crippen molar-refractivity contribution in [3.8, 4) is 0 Å². The van der Waals surface area contributed by atoms with Crippen molar-refractivity contribution in [1.82, 2.24) is 14.5 Å². The van der Waals surface area contributed by atoms with Gasteiger partial charge in [-0.05, 0) is 51.4 Å². The first kappa shape index (κ1) is 16.0. The molecule has 2 heterocycles. The van der Waals surface area contributed by atoms with Crippen molar-refractivity contribution in [2.45, 2.75) is 45.6 Å². The number of fused-ring (bicyclic) bond motifs is 1. The quantitative estimate of drug-likeness (QED) is 0.923. The number of carbonyl (C=O) groups is 1. The second kappa shape index (κ2) is 6.71. The van der Waals surface area contributed by atoms with Crippen LogP contribution in [0, 0.1) is 0 Å². The van der Waals surface area contributed by atoms with Crippen LogP contribution in [0.1, 0.15) is 55.2 Å². The predicted molar refractivity (Wildman–Crippen MR) is 92.6 cm³/mol. The minimum Gasteiger partial charge on any atom is -0.366 e. The molecule has 1 fully saturated rings. The van der Waals surface area contributed by atoms with E-state index in [-0.39, 0.29) is 0 Å². The normalized spacial score (nSPS) is 19.3. The molecule has 5 heteroatoms. The van der Waals surface area contributed by atoms with E-state index in [1.165, 1.54) is 19.4 Å². The van der Waals surface area contributed by atoms with Crippen molar-refractivity contribution >= 4 is 16.9 Å². The third-order valence-corrected chi connectivity index (χ3v) is 4.80. The molecule has 1 aromatic heterocycles. The first-order chi connectivity index (χ1) is 11.2. The van der Waals surface area contributed by atoms with Crippen LogP contribution >= 0.6 is 0 Å². The summed E-state index contributed by atoms with van der Waals surface area (Å²) in [6.45, 7) is 8.61. The van der Waals surface area contributed by atoms with Gasteiger partial charge in [0.05, 0.1) is 11.1 Å². The van der Waals surface area contributed by atoms with E-state index in [0.717, 1.165) is 42.9 Å². The summed E-state index contributed by atoms with van der Waals surface area (Å²) in [5, 5.41) is 0. The van der Waals surface area contributed by atoms with E-state index < -0.39 is 5.91 Å². The highest BCUT2D eigenvalue weighted by Crippen LogP contribution is 2.30. The van der Waals surface area contributed by atoms with Gasteiger partial charge in [-0.15, -0.1) is 0 Å². The number of carbonyl (C=O) groups excluding carboxylic acids is 1. The summed E-state index contributed by atoms with van der Waals surface area (Å²) in [5.74, 6) is 1.14. The predicted octanol–water partition coefficient (Wildman–Crippen LogP) is 2.74. The molecule has 0 aliphatic carbocycles. The third-order valence-electron chi connectivity index (χ3n) is 4.80. The summed E-state index contributed by atoms with van der Waals surface area (Å²) in [6, 6.07) is 5.70. The maximum absolute atomic E-state index is 11.7. The summed E-state index contributed by atoms with van der Waals surface area (Å²) >= 11 is 0. The van der Waals surface area contributed by atoms with Gasteiger partial charge in [-0.2, -0.15) is 0 Å². The Morgan fingerprint density at radius 2 is 2.22 bits per heavy atom. The summed E-state index contributed by atoms with van der Waals surface area (Å²) < 4.78 is 2.25. The summed E-state index contributed by atoms with van der Waals surface area (Å²) in [4.78, 5) is 19.1. The van der Waals surface area contributed by atoms with Crippen LogP contribution in [0.2, 0.25) is 0 Å². The lowest BCUT2D eigenvalue weighted by molar-refractivity contribution is 0.100. The maximum atomic E-state index is 11.7. The Bertz CT molecular complexity index is 704. The van der Waals surface area contributed by atoms with E-state index in [9.17, 15) is 4.79 Å². The zero-order chi connectivity index (χ0) is 16.4. The number of benzene rings is 1. The molecule has 0 spiro atoms. The van der Waals surface area contributed by atoms with Crippen LogP contribution in [0.3, 0.4) is 0 Å². The van der Waals surface area contributed by atoms with Gasteiger partial charge in [0, 0.05) is 19.0 Å². The first-order valence-corrected chi connectivity index (χ1v) is 8.67. The molecule has 0 radical (unpaired) electrons. The molecule has 5 nitrogen and oxygen atoms in total. The molecule has 1 aliphatic rings. The molecular weight excluding hydrogens is 288 g/mol. The van der Waals surface area contributed by atoms with Crippen molar-refractivity contribution < 1.29 is 4.79 Å². The van der Waals surface area contributed by atoms with Crippen molar-refractivity contribution in [2.24, 2.45) is 5.73 Å². The number of piperidine rings is 1. The number of nitrogens with two attached hydrogens (primary N) is 1. The van der Waals surface area contributed by atoms with Crippen LogP contribution in [-0.2, 0) is 6.54 Å². The van der Waals surface area contributed by atoms with Crippen LogP contribution < -0.4 is 5.73 Å². The Labute approximate surface area is 137 Å². The van der Waals surface area contributed by atoms with Gasteiger partial charge in [0.25, 0.3) is 5.91 Å². The van der Waals surface area contributed by atoms with Gasteiger partial charge in [-0.3, -0.25) is 4.79 Å². The largest absolute Gasteiger partial charge is 0.366 e. The zero-order valence-corrected chi connectivity index (χ0v) is 14.1. The minimum atomic E-state index is -0.404. The Hall–Kier alpha value is -1.88. The Morgan fingerprint density at radius 1 is 1.39 bits per heavy atom. The first-order valence-electron chi connectivity index (χ1n) is 8.67. The van der Waals surface area contributed by atoms with Crippen molar-refractivity contribution in [3.63, 3.8) is 0 Å². The molecule has 0 bridgehead atoms. The standard InChI is InChI=1S/C18H26N4O/c1-3-10-21-11-6-7-13(12-21)18-20-16-14(17(19)23)8-5-9-15(16)22(18)4-2/h5,8-9,13H,3-4,6-7,10-12H2,1-2H3,(H2,19,23). The molecule has 23 heavy (non-hydrogen) atoms. The second-order valence-corrected chi connectivity index (χ2v) is 6.39. The van der Waals surface area contributed by atoms with E-state index in [4.69, 9.17) is 10.7 Å². The van der Waals surface area contributed by atoms with Gasteiger partial charge in [-0.1, -0.05) is 13.0 Å². The van der Waals surface area contributed by atoms with E-state index in [1.807, 2.05) is 12.1 Å². The van der Waals surface area contributed by atoms with E-state index in [1.54, 1.807) is 6.07 Å². The molecule has 3 rings (SSSR count). The van der Waals surface area contributed by atoms with E-state index in [0.29, 0.717) is 11.5 Å². The molecule has 2 aromatic rings. The zero-order valence-electron chi connectivity index (χ0n) is 14.1. The number of para-hydroxylation sites is 1. The number of amides is 1. The van der Waals surface area contributed by atoms with Gasteiger partial charge in [-0.25, -0.2) is 4.98 Å². The molecular formula is C18H26N4O. The minimum absolute atomic E-state index is 0.404. The molecule has 2 N–H and O–H groups in total. The number of hydrogen-bond acceptors (Lipinski definition) is 3. The molecule has 1 amide bonds. The highest BCUT2D eigenvalue weighted by Gasteiger charge is 2.26. The number of primary amides is 1. The summed E-state index contributed by atoms with van der Waals surface area (Å²) in [5.41, 5.74) is 7.82. The number of rotatable bonds is 5. The van der Waals surface area contributed by atoms with Gasteiger partial charge < -0.3 is 15.2 Å². The number of hydrogen-bond donors (Lipinski definition) is 1. The fourth-order valence-electron chi connectivity index (χ4n) is 3.79. The van der Waals surface area contributed by atoms with Crippen LogP contribution in [0.15, 0.2) is 18.2 Å². The van der Waals surface area contributed by atoms with Gasteiger partial charge in [0.1, 0.15) is 11.3 Å². The van der Waals surface area contributed by atoms with Crippen molar-refractivity contribution in [3.05, 3.63) is 29.6 Å². The lowest BCUT2D eigenvalue weighted by Crippen LogP contribution is -2.35. The fourth-order valence-corrected chi connectivity index (χ4v) is 3.79. The van der Waals surface area contributed by atoms with Gasteiger partial charge in [0.15, 0.2) is 0 Å². The summed E-state index contributed by atoms with van der Waals surface area (Å²) in [6.07, 6.45) is 3.55. The fraction of sp³-hybridized carbons (Fsp3) is 0.556. The number of likely N-dealkylation sites (tertiary alicyclic amines) is 1. The molecule has 1 saturated heterocycles. The van der Waals surface area contributed by atoms with Crippen LogP contribution in [0.25, 0.3) is 11.0 Å². The topological polar surface area (TPSA) is 64.2 Å². The van der Waals surface area contributed by atoms with E-state index >= 15 is 0 Å².